The van der Waals surface area contributed by atoms with Crippen LogP contribution in [-0.4, -0.2) is 42.7 Å². The minimum atomic E-state index is -1.07. The number of amides is 1. The molecule has 1 saturated heterocycles. The molecule has 1 aliphatic heterocycles. The van der Waals surface area contributed by atoms with Crippen LogP contribution in [0, 0.1) is 17.0 Å². The Morgan fingerprint density at radius 3 is 2.52 bits per heavy atom. The van der Waals surface area contributed by atoms with Crippen LogP contribution in [0.4, 0.5) is 5.69 Å². The van der Waals surface area contributed by atoms with E-state index in [2.05, 4.69) is 4.98 Å². The summed E-state index contributed by atoms with van der Waals surface area (Å²) in [6.45, 7) is 2.60. The predicted molar refractivity (Wildman–Crippen MR) is 120 cm³/mol. The number of aryl methyl sites for hydroxylation is 2. The normalized spacial score (nSPS) is 17.5. The first-order valence-corrected chi connectivity index (χ1v) is 10.4. The number of likely N-dealkylation sites (tertiary alicyclic amines) is 1. The van der Waals surface area contributed by atoms with Crippen molar-refractivity contribution in [3.05, 3.63) is 99.6 Å². The van der Waals surface area contributed by atoms with Gasteiger partial charge in [-0.05, 0) is 19.4 Å². The van der Waals surface area contributed by atoms with Gasteiger partial charge in [-0.2, -0.15) is 0 Å². The number of para-hydroxylation sites is 1. The third-order valence-electron chi connectivity index (χ3n) is 5.67. The molecule has 2 heterocycles. The number of aromatic nitrogens is 2. The van der Waals surface area contributed by atoms with E-state index >= 15 is 0 Å². The van der Waals surface area contributed by atoms with Crippen molar-refractivity contribution in [3.63, 3.8) is 0 Å². The molecule has 1 N–H and O–H groups in total. The molecular weight excluding hydrogens is 424 g/mol. The van der Waals surface area contributed by atoms with E-state index in [0.29, 0.717) is 18.5 Å². The van der Waals surface area contributed by atoms with Gasteiger partial charge < -0.3 is 14.6 Å². The standard InChI is InChI=1S/C24H22N4O5/c1-16-7-9-17(10-8-16)22(29)20-21(18-5-2-3-6-19(18)28(32)33)27(24(31)23(20)30)13-4-12-26-14-11-25-15-26/h2-3,5-11,14-15,21,29H,4,12-13H2,1H3/b22-20+. The monoisotopic (exact) mass is 446 g/mol. The van der Waals surface area contributed by atoms with Gasteiger partial charge in [0.1, 0.15) is 5.76 Å². The van der Waals surface area contributed by atoms with E-state index < -0.39 is 22.7 Å². The van der Waals surface area contributed by atoms with Gasteiger partial charge in [0.2, 0.25) is 0 Å². The summed E-state index contributed by atoms with van der Waals surface area (Å²) < 4.78 is 1.84. The molecule has 1 aliphatic rings. The molecule has 0 radical (unpaired) electrons. The van der Waals surface area contributed by atoms with Crippen molar-refractivity contribution >= 4 is 23.1 Å². The fourth-order valence-electron chi connectivity index (χ4n) is 4.03. The highest BCUT2D eigenvalue weighted by atomic mass is 16.6. The van der Waals surface area contributed by atoms with Crippen LogP contribution < -0.4 is 0 Å². The molecule has 1 atom stereocenters. The highest BCUT2D eigenvalue weighted by molar-refractivity contribution is 6.46. The maximum atomic E-state index is 13.1. The number of hydrogen-bond acceptors (Lipinski definition) is 6. The number of hydrogen-bond donors (Lipinski definition) is 1. The van der Waals surface area contributed by atoms with E-state index in [1.807, 2.05) is 11.5 Å². The van der Waals surface area contributed by atoms with Crippen LogP contribution in [0.15, 0.2) is 72.8 Å². The van der Waals surface area contributed by atoms with Gasteiger partial charge in [-0.25, -0.2) is 4.98 Å². The number of nitro groups is 1. The van der Waals surface area contributed by atoms with Crippen molar-refractivity contribution in [2.24, 2.45) is 0 Å². The van der Waals surface area contributed by atoms with Gasteiger partial charge in [-0.3, -0.25) is 19.7 Å². The van der Waals surface area contributed by atoms with Gasteiger partial charge in [-0.1, -0.05) is 42.0 Å². The maximum Gasteiger partial charge on any atom is 0.295 e. The summed E-state index contributed by atoms with van der Waals surface area (Å²) in [4.78, 5) is 42.5. The molecule has 9 heteroatoms. The van der Waals surface area contributed by atoms with Crippen LogP contribution in [0.2, 0.25) is 0 Å². The topological polar surface area (TPSA) is 119 Å². The summed E-state index contributed by atoms with van der Waals surface area (Å²) in [6.07, 6.45) is 5.56. The zero-order chi connectivity index (χ0) is 23.5. The summed E-state index contributed by atoms with van der Waals surface area (Å²) in [5.74, 6) is -2.01. The van der Waals surface area contributed by atoms with E-state index in [1.54, 1.807) is 49.1 Å². The number of Topliss-reactive ketones (excluding diaryl/α,β-unsaturated/α-hetero) is 1. The van der Waals surface area contributed by atoms with Crippen LogP contribution >= 0.6 is 0 Å². The Morgan fingerprint density at radius 2 is 1.85 bits per heavy atom. The van der Waals surface area contributed by atoms with Crippen LogP contribution in [-0.2, 0) is 16.1 Å². The Balaban J connectivity index is 1.80. The Morgan fingerprint density at radius 1 is 1.12 bits per heavy atom. The first kappa shape index (κ1) is 21.9. The van der Waals surface area contributed by atoms with E-state index in [4.69, 9.17) is 0 Å². The summed E-state index contributed by atoms with van der Waals surface area (Å²) in [6, 6.07) is 11.7. The number of aliphatic hydroxyl groups is 1. The lowest BCUT2D eigenvalue weighted by atomic mass is 9.94. The smallest absolute Gasteiger partial charge is 0.295 e. The molecule has 33 heavy (non-hydrogen) atoms. The lowest BCUT2D eigenvalue weighted by molar-refractivity contribution is -0.385. The second-order valence-electron chi connectivity index (χ2n) is 7.83. The minimum Gasteiger partial charge on any atom is -0.507 e. The molecule has 1 unspecified atom stereocenters. The summed E-state index contributed by atoms with van der Waals surface area (Å²) in [5.41, 5.74) is 1.12. The summed E-state index contributed by atoms with van der Waals surface area (Å²) in [5, 5.41) is 22.8. The second-order valence-corrected chi connectivity index (χ2v) is 7.83. The number of nitrogens with zero attached hydrogens (tertiary/aromatic N) is 4. The molecule has 0 saturated carbocycles. The number of aliphatic hydroxyl groups excluding tert-OH is 1. The molecule has 0 spiro atoms. The van der Waals surface area contributed by atoms with Gasteiger partial charge in [0.05, 0.1) is 28.4 Å². The average Bonchev–Trinajstić information content (AvgIpc) is 3.41. The van der Waals surface area contributed by atoms with E-state index in [1.165, 1.54) is 23.1 Å². The summed E-state index contributed by atoms with van der Waals surface area (Å²) in [7, 11) is 0. The van der Waals surface area contributed by atoms with Gasteiger partial charge in [-0.15, -0.1) is 0 Å². The Labute approximate surface area is 189 Å². The Kier molecular flexibility index (Phi) is 6.03. The molecule has 168 valence electrons. The van der Waals surface area contributed by atoms with Crippen molar-refractivity contribution < 1.29 is 19.6 Å². The van der Waals surface area contributed by atoms with Crippen molar-refractivity contribution in [2.75, 3.05) is 6.54 Å². The molecule has 2 aromatic carbocycles. The quantitative estimate of drug-likeness (QED) is 0.195. The van der Waals surface area contributed by atoms with E-state index in [-0.39, 0.29) is 29.1 Å². The van der Waals surface area contributed by atoms with Crippen molar-refractivity contribution in [3.8, 4) is 0 Å². The first-order chi connectivity index (χ1) is 15.9. The van der Waals surface area contributed by atoms with Gasteiger partial charge >= 0.3 is 0 Å². The Bertz CT molecular complexity index is 1230. The zero-order valence-electron chi connectivity index (χ0n) is 17.9. The lowest BCUT2D eigenvalue weighted by Gasteiger charge is -2.25. The molecule has 1 amide bonds. The highest BCUT2D eigenvalue weighted by Gasteiger charge is 2.47. The fourth-order valence-corrected chi connectivity index (χ4v) is 4.03. The van der Waals surface area contributed by atoms with Crippen LogP contribution in [0.3, 0.4) is 0 Å². The van der Waals surface area contributed by atoms with Gasteiger partial charge in [0.25, 0.3) is 17.4 Å². The number of benzene rings is 2. The molecule has 0 aliphatic carbocycles. The maximum absolute atomic E-state index is 13.1. The minimum absolute atomic E-state index is 0.152. The molecule has 3 aromatic rings. The van der Waals surface area contributed by atoms with Crippen molar-refractivity contribution in [1.29, 1.82) is 0 Å². The van der Waals surface area contributed by atoms with Crippen molar-refractivity contribution in [1.82, 2.24) is 14.5 Å². The third kappa shape index (κ3) is 4.25. The second kappa shape index (κ2) is 9.07. The van der Waals surface area contributed by atoms with Crippen LogP contribution in [0.25, 0.3) is 5.76 Å². The number of carbonyl (C=O) groups excluding carboxylic acids is 2. The van der Waals surface area contributed by atoms with Crippen LogP contribution in [0.5, 0.6) is 0 Å². The fraction of sp³-hybridized carbons (Fsp3) is 0.208. The van der Waals surface area contributed by atoms with E-state index in [0.717, 1.165) is 5.56 Å². The molecule has 1 aromatic heterocycles. The number of carbonyl (C=O) groups is 2. The Hall–Kier alpha value is -4.27. The molecule has 4 rings (SSSR count). The third-order valence-corrected chi connectivity index (χ3v) is 5.67. The molecule has 0 bridgehead atoms. The number of ketones is 1. The average molecular weight is 446 g/mol. The molecule has 1 fully saturated rings. The van der Waals surface area contributed by atoms with Crippen molar-refractivity contribution in [2.45, 2.75) is 25.9 Å². The lowest BCUT2D eigenvalue weighted by Crippen LogP contribution is -2.31. The molecule has 9 nitrogen and oxygen atoms in total. The van der Waals surface area contributed by atoms with Crippen LogP contribution in [0.1, 0.15) is 29.2 Å². The summed E-state index contributed by atoms with van der Waals surface area (Å²) >= 11 is 0. The predicted octanol–water partition coefficient (Wildman–Crippen LogP) is 3.61. The number of rotatable bonds is 7. The highest BCUT2D eigenvalue weighted by Crippen LogP contribution is 2.42. The largest absolute Gasteiger partial charge is 0.507 e. The molecular formula is C24H22N4O5. The van der Waals surface area contributed by atoms with Gasteiger partial charge in [0, 0.05) is 37.1 Å². The first-order valence-electron chi connectivity index (χ1n) is 10.4. The van der Waals surface area contributed by atoms with Gasteiger partial charge in [0.15, 0.2) is 0 Å². The zero-order valence-corrected chi connectivity index (χ0v) is 17.9. The van der Waals surface area contributed by atoms with E-state index in [9.17, 15) is 24.8 Å². The SMILES string of the molecule is Cc1ccc(/C(O)=C2\C(=O)C(=O)N(CCCn3ccnc3)C2c2ccccc2[N+](=O)[O-])cc1. The number of imidazole rings is 1. The number of nitro benzene ring substituents is 1.